The van der Waals surface area contributed by atoms with Crippen molar-refractivity contribution in [3.05, 3.63) is 34.6 Å². The van der Waals surface area contributed by atoms with E-state index >= 15 is 0 Å². The number of carbonyl (C=O) groups is 1. The molecule has 27 heavy (non-hydrogen) atoms. The Hall–Kier alpha value is -1.46. The molecule has 1 N–H and O–H groups in total. The number of benzene rings is 1. The number of nitrogens with zero attached hydrogens (tertiary/aromatic N) is 2. The Balaban J connectivity index is 1.46. The predicted molar refractivity (Wildman–Crippen MR) is 103 cm³/mol. The highest BCUT2D eigenvalue weighted by Gasteiger charge is 2.38. The fourth-order valence-electron chi connectivity index (χ4n) is 5.26. The molecule has 5 heteroatoms. The summed E-state index contributed by atoms with van der Waals surface area (Å²) in [5, 5.41) is 10.3. The summed E-state index contributed by atoms with van der Waals surface area (Å²) in [5.41, 5.74) is 1.73. The second kappa shape index (κ2) is 7.88. The summed E-state index contributed by atoms with van der Waals surface area (Å²) in [6.07, 6.45) is 8.36. The first-order valence-electron chi connectivity index (χ1n) is 10.6. The van der Waals surface area contributed by atoms with Crippen molar-refractivity contribution in [1.82, 2.24) is 9.80 Å². The molecule has 4 nitrogen and oxygen atoms in total. The lowest BCUT2D eigenvalue weighted by Crippen LogP contribution is -2.48. The number of hydrogen-bond acceptors (Lipinski definition) is 3. The van der Waals surface area contributed by atoms with Crippen LogP contribution in [0.1, 0.15) is 85.9 Å². The first kappa shape index (κ1) is 18.9. The van der Waals surface area contributed by atoms with Crippen molar-refractivity contribution in [2.24, 2.45) is 0 Å². The van der Waals surface area contributed by atoms with Gasteiger partial charge in [-0.3, -0.25) is 4.79 Å². The molecule has 1 saturated carbocycles. The highest BCUT2D eigenvalue weighted by molar-refractivity contribution is 6.00. The number of carbonyl (C=O) groups excluding carboxylic acids is 1. The van der Waals surface area contributed by atoms with Crippen LogP contribution in [0, 0.1) is 5.82 Å². The average molecular weight is 375 g/mol. The molecule has 3 aliphatic rings. The van der Waals surface area contributed by atoms with Gasteiger partial charge in [-0.2, -0.15) is 0 Å². The van der Waals surface area contributed by atoms with E-state index in [-0.39, 0.29) is 17.8 Å². The zero-order valence-electron chi connectivity index (χ0n) is 16.3. The molecule has 1 atom stereocenters. The molecule has 0 spiro atoms. The first-order chi connectivity index (χ1) is 13.1. The lowest BCUT2D eigenvalue weighted by molar-refractivity contribution is 0.0504. The monoisotopic (exact) mass is 374 g/mol. The third-order valence-electron chi connectivity index (χ3n) is 6.81. The van der Waals surface area contributed by atoms with Gasteiger partial charge in [-0.05, 0) is 55.4 Å². The second-order valence-electron chi connectivity index (χ2n) is 8.45. The molecule has 0 aromatic heterocycles. The van der Waals surface area contributed by atoms with Crippen LogP contribution < -0.4 is 0 Å². The maximum absolute atomic E-state index is 14.0. The highest BCUT2D eigenvalue weighted by atomic mass is 19.1. The van der Waals surface area contributed by atoms with E-state index in [1.54, 1.807) is 0 Å². The average Bonchev–Trinajstić information content (AvgIpc) is 3.03. The Kier molecular flexibility index (Phi) is 5.51. The Morgan fingerprint density at radius 2 is 1.81 bits per heavy atom. The van der Waals surface area contributed by atoms with Crippen molar-refractivity contribution in [2.45, 2.75) is 83.0 Å². The number of aliphatic hydroxyl groups is 1. The van der Waals surface area contributed by atoms with Crippen LogP contribution in [0.15, 0.2) is 12.1 Å². The summed E-state index contributed by atoms with van der Waals surface area (Å²) < 4.78 is 14.0. The number of amides is 1. The van der Waals surface area contributed by atoms with E-state index in [0.29, 0.717) is 24.1 Å². The smallest absolute Gasteiger partial charge is 0.255 e. The Labute approximate surface area is 161 Å². The Morgan fingerprint density at radius 1 is 1.11 bits per heavy atom. The number of fused-ring (bicyclic) bond motifs is 1. The maximum Gasteiger partial charge on any atom is 0.255 e. The molecule has 0 bridgehead atoms. The summed E-state index contributed by atoms with van der Waals surface area (Å²) in [6.45, 7) is 4.42. The van der Waals surface area contributed by atoms with Crippen molar-refractivity contribution in [3.8, 4) is 0 Å². The van der Waals surface area contributed by atoms with Gasteiger partial charge in [0, 0.05) is 31.7 Å². The van der Waals surface area contributed by atoms with E-state index in [2.05, 4.69) is 4.90 Å². The molecule has 1 amide bonds. The largest absolute Gasteiger partial charge is 0.388 e. The quantitative estimate of drug-likeness (QED) is 0.866. The van der Waals surface area contributed by atoms with Gasteiger partial charge in [-0.1, -0.05) is 26.2 Å². The summed E-state index contributed by atoms with van der Waals surface area (Å²) in [4.78, 5) is 17.7. The molecule has 4 rings (SSSR count). The summed E-state index contributed by atoms with van der Waals surface area (Å²) in [5.74, 6) is -0.387. The van der Waals surface area contributed by atoms with Crippen LogP contribution in [0.2, 0.25) is 0 Å². The zero-order valence-corrected chi connectivity index (χ0v) is 16.3. The van der Waals surface area contributed by atoms with Crippen LogP contribution in [-0.4, -0.2) is 46.0 Å². The second-order valence-corrected chi connectivity index (χ2v) is 8.45. The van der Waals surface area contributed by atoms with E-state index < -0.39 is 6.10 Å². The molecule has 0 radical (unpaired) electrons. The lowest BCUT2D eigenvalue weighted by atomic mass is 9.92. The summed E-state index contributed by atoms with van der Waals surface area (Å²) in [7, 11) is 0. The molecule has 1 unspecified atom stereocenters. The molecule has 1 aromatic rings. The molecule has 1 aliphatic carbocycles. The molecule has 1 aromatic carbocycles. The van der Waals surface area contributed by atoms with Crippen LogP contribution in [0.4, 0.5) is 4.39 Å². The molecule has 2 aliphatic heterocycles. The number of hydrogen-bond donors (Lipinski definition) is 1. The topological polar surface area (TPSA) is 43.8 Å². The van der Waals surface area contributed by atoms with Gasteiger partial charge >= 0.3 is 0 Å². The van der Waals surface area contributed by atoms with Crippen LogP contribution in [0.25, 0.3) is 0 Å². The minimum atomic E-state index is -0.786. The van der Waals surface area contributed by atoms with Crippen LogP contribution in [0.3, 0.4) is 0 Å². The maximum atomic E-state index is 14.0. The highest BCUT2D eigenvalue weighted by Crippen LogP contribution is 2.35. The Morgan fingerprint density at radius 3 is 2.48 bits per heavy atom. The van der Waals surface area contributed by atoms with Crippen LogP contribution >= 0.6 is 0 Å². The third kappa shape index (κ3) is 3.64. The number of rotatable bonds is 4. The standard InChI is InChI=1S/C22H31FN2O2/c1-2-20(26)19-13-16(23)12-15-14-25(22(27)21(15)19)18-8-10-24(11-9-18)17-6-4-3-5-7-17/h12-13,17-18,20,26H,2-11,14H2,1H3. The molecule has 148 valence electrons. The van der Waals surface area contributed by atoms with E-state index in [1.807, 2.05) is 11.8 Å². The first-order valence-corrected chi connectivity index (χ1v) is 10.6. The van der Waals surface area contributed by atoms with Gasteiger partial charge in [-0.25, -0.2) is 4.39 Å². The number of aliphatic hydroxyl groups excluding tert-OH is 1. The van der Waals surface area contributed by atoms with E-state index in [4.69, 9.17) is 0 Å². The van der Waals surface area contributed by atoms with Crippen molar-refractivity contribution in [1.29, 1.82) is 0 Å². The fourth-order valence-corrected chi connectivity index (χ4v) is 5.26. The van der Waals surface area contributed by atoms with E-state index in [9.17, 15) is 14.3 Å². The molecule has 2 fully saturated rings. The molecular weight excluding hydrogens is 343 g/mol. The number of piperidine rings is 1. The minimum absolute atomic E-state index is 0.0244. The zero-order chi connectivity index (χ0) is 19.0. The fraction of sp³-hybridized carbons (Fsp3) is 0.682. The van der Waals surface area contributed by atoms with Gasteiger partial charge in [0.05, 0.1) is 11.7 Å². The summed E-state index contributed by atoms with van der Waals surface area (Å²) in [6, 6.07) is 3.75. The van der Waals surface area contributed by atoms with Gasteiger partial charge < -0.3 is 14.9 Å². The van der Waals surface area contributed by atoms with Crippen LogP contribution in [-0.2, 0) is 6.54 Å². The SMILES string of the molecule is CCC(O)c1cc(F)cc2c1C(=O)N(C1CCN(C3CCCCC3)CC1)C2. The molecule has 1 saturated heterocycles. The molecular formula is C22H31FN2O2. The van der Waals surface area contributed by atoms with Crippen molar-refractivity contribution in [2.75, 3.05) is 13.1 Å². The van der Waals surface area contributed by atoms with E-state index in [1.165, 1.54) is 44.2 Å². The lowest BCUT2D eigenvalue weighted by Gasteiger charge is -2.41. The van der Waals surface area contributed by atoms with Crippen molar-refractivity contribution >= 4 is 5.91 Å². The number of likely N-dealkylation sites (tertiary alicyclic amines) is 1. The number of halogens is 1. The molecule has 2 heterocycles. The van der Waals surface area contributed by atoms with Crippen LogP contribution in [0.5, 0.6) is 0 Å². The van der Waals surface area contributed by atoms with Gasteiger partial charge in [0.1, 0.15) is 5.82 Å². The van der Waals surface area contributed by atoms with Crippen molar-refractivity contribution in [3.63, 3.8) is 0 Å². The van der Waals surface area contributed by atoms with Gasteiger partial charge in [0.15, 0.2) is 0 Å². The normalized spacial score (nSPS) is 23.7. The van der Waals surface area contributed by atoms with E-state index in [0.717, 1.165) is 37.5 Å². The Bertz CT molecular complexity index is 694. The van der Waals surface area contributed by atoms with Gasteiger partial charge in [0.25, 0.3) is 5.91 Å². The van der Waals surface area contributed by atoms with Gasteiger partial charge in [-0.15, -0.1) is 0 Å². The van der Waals surface area contributed by atoms with Gasteiger partial charge in [0.2, 0.25) is 0 Å². The van der Waals surface area contributed by atoms with Crippen molar-refractivity contribution < 1.29 is 14.3 Å². The summed E-state index contributed by atoms with van der Waals surface area (Å²) >= 11 is 0. The minimum Gasteiger partial charge on any atom is -0.388 e. The predicted octanol–water partition coefficient (Wildman–Crippen LogP) is 4.02. The third-order valence-corrected chi connectivity index (χ3v) is 6.81.